The van der Waals surface area contributed by atoms with Crippen molar-refractivity contribution < 1.29 is 17.9 Å². The molecule has 0 saturated carbocycles. The van der Waals surface area contributed by atoms with Crippen LogP contribution in [-0.2, 0) is 21.2 Å². The minimum Gasteiger partial charge on any atom is -0.447 e. The Balaban J connectivity index is 1.68. The molecule has 2 saturated heterocycles. The topological polar surface area (TPSA) is 79.8 Å². The summed E-state index contributed by atoms with van der Waals surface area (Å²) in [5, 5.41) is 0. The number of hydrogen-bond acceptors (Lipinski definition) is 5. The molecule has 8 heteroatoms. The largest absolute Gasteiger partial charge is 0.447 e. The van der Waals surface area contributed by atoms with E-state index in [1.807, 2.05) is 12.1 Å². The highest BCUT2D eigenvalue weighted by Crippen LogP contribution is 2.28. The lowest BCUT2D eigenvalue weighted by Crippen LogP contribution is -2.38. The monoisotopic (exact) mass is 381 g/mol. The minimum atomic E-state index is -3.10. The smallest absolute Gasteiger partial charge is 0.415 e. The van der Waals surface area contributed by atoms with Gasteiger partial charge in [0.05, 0.1) is 12.3 Å². The summed E-state index contributed by atoms with van der Waals surface area (Å²) in [4.78, 5) is 18.2. The SMILES string of the molecule is CC(C)C1COC(=O)N1c1cc(CC2CCN(S(C)(=O)=O)CC2)ccn1. The van der Waals surface area contributed by atoms with Crippen LogP contribution < -0.4 is 4.90 Å². The van der Waals surface area contributed by atoms with Crippen molar-refractivity contribution in [2.75, 3.05) is 30.9 Å². The van der Waals surface area contributed by atoms with Gasteiger partial charge in [0.25, 0.3) is 0 Å². The molecule has 2 aliphatic heterocycles. The number of ether oxygens (including phenoxy) is 1. The second-order valence-electron chi connectivity index (χ2n) is 7.59. The van der Waals surface area contributed by atoms with Crippen molar-refractivity contribution >= 4 is 21.9 Å². The van der Waals surface area contributed by atoms with Crippen LogP contribution in [0.1, 0.15) is 32.3 Å². The van der Waals surface area contributed by atoms with Gasteiger partial charge in [-0.1, -0.05) is 13.8 Å². The second-order valence-corrected chi connectivity index (χ2v) is 9.57. The van der Waals surface area contributed by atoms with Crippen LogP contribution in [0.15, 0.2) is 18.3 Å². The van der Waals surface area contributed by atoms with Gasteiger partial charge in [-0.2, -0.15) is 0 Å². The number of amides is 1. The number of pyridine rings is 1. The Morgan fingerprint density at radius 1 is 1.31 bits per heavy atom. The number of carbonyl (C=O) groups is 1. The maximum absolute atomic E-state index is 12.1. The van der Waals surface area contributed by atoms with Crippen LogP contribution in [0.5, 0.6) is 0 Å². The zero-order valence-electron chi connectivity index (χ0n) is 15.6. The average Bonchev–Trinajstić information content (AvgIpc) is 2.97. The third-order valence-electron chi connectivity index (χ3n) is 5.30. The number of piperidine rings is 1. The number of hydrogen-bond donors (Lipinski definition) is 0. The Bertz CT molecular complexity index is 757. The Morgan fingerprint density at radius 3 is 2.62 bits per heavy atom. The van der Waals surface area contributed by atoms with Gasteiger partial charge in [0.1, 0.15) is 12.4 Å². The maximum atomic E-state index is 12.1. The van der Waals surface area contributed by atoms with E-state index >= 15 is 0 Å². The van der Waals surface area contributed by atoms with E-state index in [2.05, 4.69) is 18.8 Å². The standard InChI is InChI=1S/C18H27N3O4S/c1-13(2)16-12-25-18(22)21(16)17-11-15(4-7-19-17)10-14-5-8-20(9-6-14)26(3,23)24/h4,7,11,13-14,16H,5-6,8-10,12H2,1-3H3. The van der Waals surface area contributed by atoms with Crippen molar-refractivity contribution in [3.05, 3.63) is 23.9 Å². The molecule has 1 amide bonds. The molecule has 1 atom stereocenters. The fourth-order valence-corrected chi connectivity index (χ4v) is 4.56. The summed E-state index contributed by atoms with van der Waals surface area (Å²) >= 11 is 0. The van der Waals surface area contributed by atoms with Gasteiger partial charge in [-0.3, -0.25) is 4.90 Å². The van der Waals surface area contributed by atoms with Gasteiger partial charge >= 0.3 is 6.09 Å². The molecule has 26 heavy (non-hydrogen) atoms. The highest BCUT2D eigenvalue weighted by Gasteiger charge is 2.37. The first-order chi connectivity index (χ1) is 12.3. The average molecular weight is 381 g/mol. The number of carbonyl (C=O) groups excluding carboxylic acids is 1. The highest BCUT2D eigenvalue weighted by molar-refractivity contribution is 7.88. The molecule has 1 unspecified atom stereocenters. The van der Waals surface area contributed by atoms with Gasteiger partial charge in [0.2, 0.25) is 10.0 Å². The highest BCUT2D eigenvalue weighted by atomic mass is 32.2. The molecule has 1 aromatic heterocycles. The lowest BCUT2D eigenvalue weighted by molar-refractivity contribution is 0.177. The van der Waals surface area contributed by atoms with Crippen LogP contribution in [0, 0.1) is 11.8 Å². The summed E-state index contributed by atoms with van der Waals surface area (Å²) in [6.45, 7) is 5.69. The molecule has 3 rings (SSSR count). The maximum Gasteiger partial charge on any atom is 0.415 e. The molecule has 0 N–H and O–H groups in total. The Hall–Kier alpha value is -1.67. The van der Waals surface area contributed by atoms with Crippen LogP contribution in [0.25, 0.3) is 0 Å². The Kier molecular flexibility index (Phi) is 5.53. The number of rotatable bonds is 5. The van der Waals surface area contributed by atoms with Crippen LogP contribution in [0.2, 0.25) is 0 Å². The lowest BCUT2D eigenvalue weighted by Gasteiger charge is -2.30. The van der Waals surface area contributed by atoms with Crippen LogP contribution >= 0.6 is 0 Å². The predicted octanol–water partition coefficient (Wildman–Crippen LogP) is 2.28. The van der Waals surface area contributed by atoms with E-state index in [9.17, 15) is 13.2 Å². The van der Waals surface area contributed by atoms with Crippen molar-refractivity contribution in [1.82, 2.24) is 9.29 Å². The Labute approximate surface area is 155 Å². The molecule has 0 spiro atoms. The molecule has 0 aromatic carbocycles. The van der Waals surface area contributed by atoms with E-state index in [4.69, 9.17) is 4.74 Å². The predicted molar refractivity (Wildman–Crippen MR) is 99.5 cm³/mol. The van der Waals surface area contributed by atoms with E-state index in [0.29, 0.717) is 31.4 Å². The summed E-state index contributed by atoms with van der Waals surface area (Å²) in [5.41, 5.74) is 1.12. The van der Waals surface area contributed by atoms with Crippen molar-refractivity contribution in [2.24, 2.45) is 11.8 Å². The fourth-order valence-electron chi connectivity index (χ4n) is 3.69. The number of anilines is 1. The molecule has 2 aliphatic rings. The first-order valence-corrected chi connectivity index (χ1v) is 11.0. The Morgan fingerprint density at radius 2 is 2.00 bits per heavy atom. The van der Waals surface area contributed by atoms with Crippen LogP contribution in [0.4, 0.5) is 10.6 Å². The summed E-state index contributed by atoms with van der Waals surface area (Å²) in [6, 6.07) is 3.94. The quantitative estimate of drug-likeness (QED) is 0.782. The zero-order valence-corrected chi connectivity index (χ0v) is 16.4. The van der Waals surface area contributed by atoms with Gasteiger partial charge in [-0.15, -0.1) is 0 Å². The van der Waals surface area contributed by atoms with E-state index in [1.54, 1.807) is 15.4 Å². The number of aromatic nitrogens is 1. The molecule has 0 radical (unpaired) electrons. The van der Waals surface area contributed by atoms with Gasteiger partial charge < -0.3 is 4.74 Å². The first-order valence-electron chi connectivity index (χ1n) is 9.11. The van der Waals surface area contributed by atoms with Crippen molar-refractivity contribution in [1.29, 1.82) is 0 Å². The zero-order chi connectivity index (χ0) is 18.9. The van der Waals surface area contributed by atoms with Crippen molar-refractivity contribution in [2.45, 2.75) is 39.2 Å². The number of sulfonamides is 1. The molecule has 144 valence electrons. The van der Waals surface area contributed by atoms with Gasteiger partial charge in [-0.25, -0.2) is 22.5 Å². The molecule has 7 nitrogen and oxygen atoms in total. The van der Waals surface area contributed by atoms with Gasteiger partial charge in [-0.05, 0) is 48.8 Å². The third-order valence-corrected chi connectivity index (χ3v) is 6.60. The fraction of sp³-hybridized carbons (Fsp3) is 0.667. The number of cyclic esters (lactones) is 1. The summed E-state index contributed by atoms with van der Waals surface area (Å²) < 4.78 is 30.0. The summed E-state index contributed by atoms with van der Waals surface area (Å²) in [7, 11) is -3.10. The summed E-state index contributed by atoms with van der Waals surface area (Å²) in [6.07, 6.45) is 5.23. The molecule has 3 heterocycles. The summed E-state index contributed by atoms with van der Waals surface area (Å²) in [5.74, 6) is 1.36. The van der Waals surface area contributed by atoms with E-state index < -0.39 is 10.0 Å². The van der Waals surface area contributed by atoms with Crippen LogP contribution in [-0.4, -0.2) is 55.8 Å². The third kappa shape index (κ3) is 4.17. The number of nitrogens with zero attached hydrogens (tertiary/aromatic N) is 3. The van der Waals surface area contributed by atoms with Crippen molar-refractivity contribution in [3.8, 4) is 0 Å². The van der Waals surface area contributed by atoms with E-state index in [-0.39, 0.29) is 18.1 Å². The minimum absolute atomic E-state index is 0.00301. The van der Waals surface area contributed by atoms with E-state index in [1.165, 1.54) is 6.26 Å². The molecule has 2 fully saturated rings. The molecule has 1 aromatic rings. The molecular weight excluding hydrogens is 354 g/mol. The normalized spacial score (nSPS) is 22.8. The van der Waals surface area contributed by atoms with Crippen molar-refractivity contribution in [3.63, 3.8) is 0 Å². The lowest BCUT2D eigenvalue weighted by atomic mass is 9.91. The molecule has 0 bridgehead atoms. The van der Waals surface area contributed by atoms with Crippen LogP contribution in [0.3, 0.4) is 0 Å². The molecule has 0 aliphatic carbocycles. The van der Waals surface area contributed by atoms with E-state index in [0.717, 1.165) is 24.8 Å². The second kappa shape index (κ2) is 7.52. The first kappa shape index (κ1) is 19.1. The molecular formula is C18H27N3O4S. The van der Waals surface area contributed by atoms with Gasteiger partial charge in [0.15, 0.2) is 0 Å². The van der Waals surface area contributed by atoms with Gasteiger partial charge in [0, 0.05) is 19.3 Å².